The minimum absolute atomic E-state index is 0.00727. The van der Waals surface area contributed by atoms with Gasteiger partial charge in [0.05, 0.1) is 0 Å². The lowest BCUT2D eigenvalue weighted by molar-refractivity contribution is 0.627. The Morgan fingerprint density at radius 1 is 1.06 bits per heavy atom. The van der Waals surface area contributed by atoms with E-state index in [2.05, 4.69) is 15.2 Å². The second-order valence-corrected chi connectivity index (χ2v) is 3.82. The summed E-state index contributed by atoms with van der Waals surface area (Å²) in [6.07, 6.45) is 0.441. The van der Waals surface area contributed by atoms with E-state index in [1.54, 1.807) is 12.1 Å². The van der Waals surface area contributed by atoms with Crippen LogP contribution < -0.4 is 0 Å². The second-order valence-electron chi connectivity index (χ2n) is 3.12. The molecule has 1 aromatic heterocycles. The highest BCUT2D eigenvalue weighted by atomic mass is 35.5. The number of benzene rings is 1. The summed E-state index contributed by atoms with van der Waals surface area (Å²) in [5, 5.41) is 7.64. The molecule has 0 atom stereocenters. The van der Waals surface area contributed by atoms with Crippen LogP contribution in [0.4, 0.5) is 4.39 Å². The van der Waals surface area contributed by atoms with Gasteiger partial charge in [0, 0.05) is 6.42 Å². The molecular formula is C10H6Cl2FN3. The van der Waals surface area contributed by atoms with E-state index < -0.39 is 0 Å². The zero-order chi connectivity index (χ0) is 11.5. The molecule has 2 aromatic rings. The van der Waals surface area contributed by atoms with Crippen molar-refractivity contribution in [1.29, 1.82) is 0 Å². The van der Waals surface area contributed by atoms with Gasteiger partial charge in [0.15, 0.2) is 5.15 Å². The average molecular weight is 258 g/mol. The third-order valence-electron chi connectivity index (χ3n) is 1.97. The van der Waals surface area contributed by atoms with Gasteiger partial charge in [0.25, 0.3) is 0 Å². The molecule has 1 heterocycles. The van der Waals surface area contributed by atoms with Crippen molar-refractivity contribution >= 4 is 23.2 Å². The largest absolute Gasteiger partial charge is 0.244 e. The third kappa shape index (κ3) is 2.65. The molecule has 0 aliphatic rings. The molecule has 0 saturated heterocycles. The predicted molar refractivity (Wildman–Crippen MR) is 59.1 cm³/mol. The van der Waals surface area contributed by atoms with Crippen molar-refractivity contribution in [1.82, 2.24) is 15.2 Å². The standard InChI is InChI=1S/C10H6Cl2FN3/c11-9-8(15-16-10(12)14-9)5-6-1-3-7(13)4-2-6/h1-4H,5H2. The molecule has 6 heteroatoms. The minimum atomic E-state index is -0.282. The summed E-state index contributed by atoms with van der Waals surface area (Å²) in [4.78, 5) is 3.77. The van der Waals surface area contributed by atoms with Gasteiger partial charge in [-0.1, -0.05) is 23.7 Å². The van der Waals surface area contributed by atoms with Gasteiger partial charge in [-0.2, -0.15) is 0 Å². The average Bonchev–Trinajstić information content (AvgIpc) is 2.25. The van der Waals surface area contributed by atoms with E-state index >= 15 is 0 Å². The number of halogens is 3. The number of rotatable bonds is 2. The molecule has 1 aromatic carbocycles. The molecule has 0 fully saturated rings. The predicted octanol–water partition coefficient (Wildman–Crippen LogP) is 2.91. The van der Waals surface area contributed by atoms with Crippen molar-refractivity contribution in [3.63, 3.8) is 0 Å². The fraction of sp³-hybridized carbons (Fsp3) is 0.100. The molecule has 0 radical (unpaired) electrons. The van der Waals surface area contributed by atoms with Crippen LogP contribution in [-0.2, 0) is 6.42 Å². The Kier molecular flexibility index (Phi) is 3.31. The molecular weight excluding hydrogens is 252 g/mol. The Bertz CT molecular complexity index is 502. The van der Waals surface area contributed by atoms with E-state index in [9.17, 15) is 4.39 Å². The fourth-order valence-corrected chi connectivity index (χ4v) is 1.56. The first-order chi connectivity index (χ1) is 7.65. The van der Waals surface area contributed by atoms with Crippen molar-refractivity contribution in [2.24, 2.45) is 0 Å². The summed E-state index contributed by atoms with van der Waals surface area (Å²) < 4.78 is 12.7. The van der Waals surface area contributed by atoms with Crippen molar-refractivity contribution in [3.8, 4) is 0 Å². The molecule has 0 amide bonds. The van der Waals surface area contributed by atoms with Crippen molar-refractivity contribution in [3.05, 3.63) is 51.8 Å². The molecule has 0 N–H and O–H groups in total. The molecule has 2 rings (SSSR count). The van der Waals surface area contributed by atoms with Crippen LogP contribution in [0.25, 0.3) is 0 Å². The Labute approximate surface area is 101 Å². The van der Waals surface area contributed by atoms with Crippen LogP contribution in [0, 0.1) is 5.82 Å². The highest BCUT2D eigenvalue weighted by molar-refractivity contribution is 6.32. The van der Waals surface area contributed by atoms with Gasteiger partial charge in [0.1, 0.15) is 11.5 Å². The maximum Gasteiger partial charge on any atom is 0.244 e. The monoisotopic (exact) mass is 257 g/mol. The van der Waals surface area contributed by atoms with Gasteiger partial charge < -0.3 is 0 Å². The molecule has 82 valence electrons. The zero-order valence-electron chi connectivity index (χ0n) is 7.99. The van der Waals surface area contributed by atoms with Gasteiger partial charge >= 0.3 is 0 Å². The van der Waals surface area contributed by atoms with Crippen LogP contribution in [0.1, 0.15) is 11.3 Å². The summed E-state index contributed by atoms with van der Waals surface area (Å²) in [5.41, 5.74) is 1.39. The maximum atomic E-state index is 12.7. The van der Waals surface area contributed by atoms with Gasteiger partial charge in [-0.3, -0.25) is 0 Å². The van der Waals surface area contributed by atoms with Gasteiger partial charge in [-0.25, -0.2) is 9.37 Å². The van der Waals surface area contributed by atoms with Crippen LogP contribution in [0.5, 0.6) is 0 Å². The van der Waals surface area contributed by atoms with E-state index in [0.29, 0.717) is 12.1 Å². The normalized spacial score (nSPS) is 10.4. The highest BCUT2D eigenvalue weighted by Crippen LogP contribution is 2.16. The van der Waals surface area contributed by atoms with E-state index in [1.165, 1.54) is 12.1 Å². The molecule has 0 aliphatic carbocycles. The van der Waals surface area contributed by atoms with Crippen LogP contribution in [0.3, 0.4) is 0 Å². The third-order valence-corrected chi connectivity index (χ3v) is 2.43. The first-order valence-electron chi connectivity index (χ1n) is 4.44. The molecule has 0 unspecified atom stereocenters. The SMILES string of the molecule is Fc1ccc(Cc2nnc(Cl)nc2Cl)cc1. The maximum absolute atomic E-state index is 12.7. The van der Waals surface area contributed by atoms with Gasteiger partial charge in [0.2, 0.25) is 5.28 Å². The Balaban J connectivity index is 2.23. The topological polar surface area (TPSA) is 38.7 Å². The molecule has 16 heavy (non-hydrogen) atoms. The summed E-state index contributed by atoms with van der Waals surface area (Å²) in [5.74, 6) is -0.282. The summed E-state index contributed by atoms with van der Waals surface area (Å²) in [6.45, 7) is 0. The smallest absolute Gasteiger partial charge is 0.207 e. The number of hydrogen-bond donors (Lipinski definition) is 0. The van der Waals surface area contributed by atoms with E-state index in [1.807, 2.05) is 0 Å². The van der Waals surface area contributed by atoms with Crippen LogP contribution in [0.2, 0.25) is 10.4 Å². The van der Waals surface area contributed by atoms with Crippen LogP contribution >= 0.6 is 23.2 Å². The Morgan fingerprint density at radius 2 is 1.75 bits per heavy atom. The van der Waals surface area contributed by atoms with Crippen LogP contribution in [0.15, 0.2) is 24.3 Å². The van der Waals surface area contributed by atoms with Crippen LogP contribution in [-0.4, -0.2) is 15.2 Å². The molecule has 0 bridgehead atoms. The van der Waals surface area contributed by atoms with E-state index in [4.69, 9.17) is 23.2 Å². The molecule has 3 nitrogen and oxygen atoms in total. The number of aromatic nitrogens is 3. The summed E-state index contributed by atoms with van der Waals surface area (Å²) in [6, 6.07) is 6.06. The lowest BCUT2D eigenvalue weighted by atomic mass is 10.1. The fourth-order valence-electron chi connectivity index (χ4n) is 1.21. The lowest BCUT2D eigenvalue weighted by Crippen LogP contribution is -1.99. The number of hydrogen-bond acceptors (Lipinski definition) is 3. The zero-order valence-corrected chi connectivity index (χ0v) is 9.50. The molecule has 0 aliphatic heterocycles. The first-order valence-corrected chi connectivity index (χ1v) is 5.20. The van der Waals surface area contributed by atoms with Gasteiger partial charge in [-0.05, 0) is 29.3 Å². The molecule has 0 spiro atoms. The summed E-state index contributed by atoms with van der Waals surface area (Å²) >= 11 is 11.4. The van der Waals surface area contributed by atoms with Crippen molar-refractivity contribution in [2.75, 3.05) is 0 Å². The molecule has 0 saturated carbocycles. The number of nitrogens with zero attached hydrogens (tertiary/aromatic N) is 3. The van der Waals surface area contributed by atoms with E-state index in [-0.39, 0.29) is 16.3 Å². The minimum Gasteiger partial charge on any atom is -0.207 e. The summed E-state index contributed by atoms with van der Waals surface area (Å²) in [7, 11) is 0. The Hall–Kier alpha value is -1.26. The van der Waals surface area contributed by atoms with Crippen molar-refractivity contribution < 1.29 is 4.39 Å². The highest BCUT2D eigenvalue weighted by Gasteiger charge is 2.07. The van der Waals surface area contributed by atoms with E-state index in [0.717, 1.165) is 5.56 Å². The second kappa shape index (κ2) is 4.72. The first kappa shape index (κ1) is 11.2. The lowest BCUT2D eigenvalue weighted by Gasteiger charge is -2.01. The van der Waals surface area contributed by atoms with Gasteiger partial charge in [-0.15, -0.1) is 10.2 Å². The van der Waals surface area contributed by atoms with Crippen molar-refractivity contribution in [2.45, 2.75) is 6.42 Å². The Morgan fingerprint density at radius 3 is 2.38 bits per heavy atom. The quantitative estimate of drug-likeness (QED) is 0.831.